The number of methoxy groups -OCH3 is 2. The van der Waals surface area contributed by atoms with Gasteiger partial charge < -0.3 is 14.8 Å². The van der Waals surface area contributed by atoms with Gasteiger partial charge in [-0.05, 0) is 29.5 Å². The van der Waals surface area contributed by atoms with Crippen molar-refractivity contribution in [1.29, 1.82) is 0 Å². The fourth-order valence-corrected chi connectivity index (χ4v) is 3.09. The second kappa shape index (κ2) is 7.31. The summed E-state index contributed by atoms with van der Waals surface area (Å²) in [6.07, 6.45) is 1.09. The van der Waals surface area contributed by atoms with E-state index in [4.69, 9.17) is 9.47 Å². The molecular formula is C16H21NO2S. The van der Waals surface area contributed by atoms with Gasteiger partial charge in [0.2, 0.25) is 0 Å². The van der Waals surface area contributed by atoms with Crippen LogP contribution in [0.2, 0.25) is 0 Å². The van der Waals surface area contributed by atoms with Gasteiger partial charge in [-0.3, -0.25) is 0 Å². The van der Waals surface area contributed by atoms with Crippen LogP contribution >= 0.6 is 11.3 Å². The van der Waals surface area contributed by atoms with Crippen molar-refractivity contribution >= 4 is 11.3 Å². The van der Waals surface area contributed by atoms with E-state index in [0.717, 1.165) is 36.6 Å². The molecular weight excluding hydrogens is 270 g/mol. The predicted octanol–water partition coefficient (Wildman–Crippen LogP) is 3.62. The van der Waals surface area contributed by atoms with Crippen LogP contribution in [0, 0.1) is 0 Å². The molecule has 4 heteroatoms. The van der Waals surface area contributed by atoms with E-state index >= 15 is 0 Å². The molecule has 20 heavy (non-hydrogen) atoms. The Morgan fingerprint density at radius 1 is 1.05 bits per heavy atom. The van der Waals surface area contributed by atoms with Gasteiger partial charge in [0.1, 0.15) is 11.5 Å². The highest BCUT2D eigenvalue weighted by molar-refractivity contribution is 7.10. The number of rotatable bonds is 7. The molecule has 0 saturated carbocycles. The van der Waals surface area contributed by atoms with E-state index in [1.807, 2.05) is 29.5 Å². The van der Waals surface area contributed by atoms with Crippen LogP contribution in [0.5, 0.6) is 11.5 Å². The number of nitrogens with one attached hydrogen (secondary N) is 1. The minimum atomic E-state index is 0.786. The topological polar surface area (TPSA) is 30.5 Å². The Bertz CT molecular complexity index is 551. The van der Waals surface area contributed by atoms with Gasteiger partial charge in [0.25, 0.3) is 0 Å². The summed E-state index contributed by atoms with van der Waals surface area (Å²) in [7, 11) is 3.35. The maximum Gasteiger partial charge on any atom is 0.127 e. The Morgan fingerprint density at radius 2 is 1.90 bits per heavy atom. The van der Waals surface area contributed by atoms with E-state index in [1.165, 1.54) is 10.4 Å². The van der Waals surface area contributed by atoms with Gasteiger partial charge in [0.15, 0.2) is 0 Å². The van der Waals surface area contributed by atoms with Crippen LogP contribution < -0.4 is 14.8 Å². The second-order valence-corrected chi connectivity index (χ2v) is 5.50. The number of hydrogen-bond acceptors (Lipinski definition) is 4. The molecule has 0 aliphatic carbocycles. The van der Waals surface area contributed by atoms with E-state index in [9.17, 15) is 0 Å². The molecule has 0 radical (unpaired) electrons. The average molecular weight is 291 g/mol. The first-order valence-corrected chi connectivity index (χ1v) is 7.63. The van der Waals surface area contributed by atoms with Crippen molar-refractivity contribution in [3.63, 3.8) is 0 Å². The number of benzene rings is 1. The Kier molecular flexibility index (Phi) is 5.44. The third-order valence-corrected chi connectivity index (χ3v) is 4.28. The number of hydrogen-bond donors (Lipinski definition) is 1. The molecule has 0 atom stereocenters. The van der Waals surface area contributed by atoms with Gasteiger partial charge in [-0.1, -0.05) is 13.0 Å². The maximum atomic E-state index is 5.40. The van der Waals surface area contributed by atoms with Crippen molar-refractivity contribution in [2.45, 2.75) is 26.4 Å². The first-order valence-electron chi connectivity index (χ1n) is 6.75. The molecule has 0 unspecified atom stereocenters. The van der Waals surface area contributed by atoms with Crippen LogP contribution in [0.1, 0.15) is 22.9 Å². The fraction of sp³-hybridized carbons (Fsp3) is 0.375. The predicted molar refractivity (Wildman–Crippen MR) is 83.8 cm³/mol. The highest BCUT2D eigenvalue weighted by Crippen LogP contribution is 2.24. The van der Waals surface area contributed by atoms with Crippen molar-refractivity contribution < 1.29 is 9.47 Å². The van der Waals surface area contributed by atoms with Crippen LogP contribution in [0.3, 0.4) is 0 Å². The molecule has 108 valence electrons. The van der Waals surface area contributed by atoms with Crippen LogP contribution in [0.25, 0.3) is 0 Å². The minimum absolute atomic E-state index is 0.786. The zero-order valence-electron chi connectivity index (χ0n) is 12.2. The van der Waals surface area contributed by atoms with Gasteiger partial charge in [-0.15, -0.1) is 11.3 Å². The number of ether oxygens (including phenoxy) is 2. The summed E-state index contributed by atoms with van der Waals surface area (Å²) in [5, 5.41) is 5.64. The molecule has 0 aliphatic rings. The number of thiophene rings is 1. The molecule has 0 aliphatic heterocycles. The van der Waals surface area contributed by atoms with Gasteiger partial charge in [0.05, 0.1) is 14.2 Å². The molecule has 3 nitrogen and oxygen atoms in total. The molecule has 0 bridgehead atoms. The zero-order valence-corrected chi connectivity index (χ0v) is 13.0. The minimum Gasteiger partial charge on any atom is -0.497 e. The fourth-order valence-electron chi connectivity index (χ4n) is 2.15. The van der Waals surface area contributed by atoms with Crippen LogP contribution in [0.4, 0.5) is 0 Å². The third kappa shape index (κ3) is 3.52. The first kappa shape index (κ1) is 14.9. The van der Waals surface area contributed by atoms with Crippen molar-refractivity contribution in [3.8, 4) is 11.5 Å². The SMILES string of the molecule is CCc1ccsc1CNCc1ccc(OC)cc1OC. The monoisotopic (exact) mass is 291 g/mol. The summed E-state index contributed by atoms with van der Waals surface area (Å²) >= 11 is 1.81. The summed E-state index contributed by atoms with van der Waals surface area (Å²) in [5.74, 6) is 1.68. The normalized spacial score (nSPS) is 10.6. The zero-order chi connectivity index (χ0) is 14.4. The third-order valence-electron chi connectivity index (χ3n) is 3.31. The van der Waals surface area contributed by atoms with Crippen LogP contribution in [-0.4, -0.2) is 14.2 Å². The summed E-state index contributed by atoms with van der Waals surface area (Å²) in [4.78, 5) is 1.42. The lowest BCUT2D eigenvalue weighted by molar-refractivity contribution is 0.390. The van der Waals surface area contributed by atoms with Crippen LogP contribution in [-0.2, 0) is 19.5 Å². The molecule has 2 rings (SSSR count). The summed E-state index contributed by atoms with van der Waals surface area (Å²) in [6.45, 7) is 3.88. The quantitative estimate of drug-likeness (QED) is 0.845. The molecule has 0 saturated heterocycles. The van der Waals surface area contributed by atoms with Crippen molar-refractivity contribution in [3.05, 3.63) is 45.6 Å². The lowest BCUT2D eigenvalue weighted by Gasteiger charge is -2.11. The van der Waals surface area contributed by atoms with E-state index in [0.29, 0.717) is 0 Å². The lowest BCUT2D eigenvalue weighted by Crippen LogP contribution is -2.13. The molecule has 1 aromatic heterocycles. The van der Waals surface area contributed by atoms with Crippen molar-refractivity contribution in [1.82, 2.24) is 5.32 Å². The summed E-state index contributed by atoms with van der Waals surface area (Å²) in [6, 6.07) is 8.12. The first-order chi connectivity index (χ1) is 9.78. The van der Waals surface area contributed by atoms with E-state index in [1.54, 1.807) is 14.2 Å². The highest BCUT2D eigenvalue weighted by Gasteiger charge is 2.06. The van der Waals surface area contributed by atoms with E-state index in [-0.39, 0.29) is 0 Å². The molecule has 1 heterocycles. The van der Waals surface area contributed by atoms with Gasteiger partial charge >= 0.3 is 0 Å². The van der Waals surface area contributed by atoms with Crippen molar-refractivity contribution in [2.24, 2.45) is 0 Å². The van der Waals surface area contributed by atoms with Gasteiger partial charge in [0, 0.05) is 29.6 Å². The maximum absolute atomic E-state index is 5.40. The molecule has 0 fully saturated rings. The molecule has 2 aromatic rings. The largest absolute Gasteiger partial charge is 0.497 e. The van der Waals surface area contributed by atoms with E-state index < -0.39 is 0 Å². The van der Waals surface area contributed by atoms with Crippen LogP contribution in [0.15, 0.2) is 29.6 Å². The lowest BCUT2D eigenvalue weighted by atomic mass is 10.1. The molecule has 0 amide bonds. The van der Waals surface area contributed by atoms with E-state index in [2.05, 4.69) is 23.7 Å². The Morgan fingerprint density at radius 3 is 2.60 bits per heavy atom. The van der Waals surface area contributed by atoms with Crippen molar-refractivity contribution in [2.75, 3.05) is 14.2 Å². The standard InChI is InChI=1S/C16H21NO2S/c1-4-12-7-8-20-16(12)11-17-10-13-5-6-14(18-2)9-15(13)19-3/h5-9,17H,4,10-11H2,1-3H3. The number of aryl methyl sites for hydroxylation is 1. The summed E-state index contributed by atoms with van der Waals surface area (Å²) in [5.41, 5.74) is 2.58. The highest BCUT2D eigenvalue weighted by atomic mass is 32.1. The smallest absolute Gasteiger partial charge is 0.127 e. The van der Waals surface area contributed by atoms with Gasteiger partial charge in [-0.25, -0.2) is 0 Å². The Labute approximate surface area is 124 Å². The molecule has 0 spiro atoms. The average Bonchev–Trinajstić information content (AvgIpc) is 2.95. The molecule has 1 N–H and O–H groups in total. The Hall–Kier alpha value is -1.52. The summed E-state index contributed by atoms with van der Waals surface area (Å²) < 4.78 is 10.6. The second-order valence-electron chi connectivity index (χ2n) is 4.50. The molecule has 1 aromatic carbocycles. The Balaban J connectivity index is 1.97. The van der Waals surface area contributed by atoms with Gasteiger partial charge in [-0.2, -0.15) is 0 Å².